The third kappa shape index (κ3) is 2.77. The van der Waals surface area contributed by atoms with Crippen molar-refractivity contribution >= 4 is 11.5 Å². The molecule has 0 fully saturated rings. The Morgan fingerprint density at radius 3 is 2.39 bits per heavy atom. The molecule has 0 spiro atoms. The van der Waals surface area contributed by atoms with E-state index in [0.29, 0.717) is 0 Å². The number of nitrogens with zero attached hydrogens (tertiary/aromatic N) is 2. The van der Waals surface area contributed by atoms with Crippen LogP contribution >= 0.6 is 0 Å². The van der Waals surface area contributed by atoms with Crippen LogP contribution in [0.3, 0.4) is 0 Å². The van der Waals surface area contributed by atoms with E-state index in [2.05, 4.69) is 22.2 Å². The van der Waals surface area contributed by atoms with E-state index in [1.165, 1.54) is 5.56 Å². The van der Waals surface area contributed by atoms with Gasteiger partial charge < -0.3 is 11.1 Å². The van der Waals surface area contributed by atoms with Crippen LogP contribution < -0.4 is 11.1 Å². The molecule has 1 atom stereocenters. The van der Waals surface area contributed by atoms with Gasteiger partial charge in [-0.1, -0.05) is 12.1 Å². The molecule has 0 bridgehead atoms. The van der Waals surface area contributed by atoms with Crippen molar-refractivity contribution in [2.24, 2.45) is 0 Å². The third-order valence-electron chi connectivity index (χ3n) is 2.99. The normalized spacial score (nSPS) is 12.2. The van der Waals surface area contributed by atoms with Gasteiger partial charge in [0, 0.05) is 11.7 Å². The Morgan fingerprint density at radius 2 is 1.78 bits per heavy atom. The molecule has 0 radical (unpaired) electrons. The lowest BCUT2D eigenvalue weighted by atomic mass is 10.1. The summed E-state index contributed by atoms with van der Waals surface area (Å²) in [6.45, 7) is 6.00. The van der Waals surface area contributed by atoms with Gasteiger partial charge in [0.25, 0.3) is 0 Å². The van der Waals surface area contributed by atoms with Crippen LogP contribution in [0.1, 0.15) is 29.9 Å². The molecule has 94 valence electrons. The van der Waals surface area contributed by atoms with Gasteiger partial charge in [-0.3, -0.25) is 4.98 Å². The Bertz CT molecular complexity index is 534. The Labute approximate surface area is 107 Å². The number of hydrogen-bond acceptors (Lipinski definition) is 4. The topological polar surface area (TPSA) is 63.8 Å². The average molecular weight is 242 g/mol. The molecule has 0 aliphatic heterocycles. The summed E-state index contributed by atoms with van der Waals surface area (Å²) in [4.78, 5) is 8.75. The molecule has 0 aliphatic rings. The first-order chi connectivity index (χ1) is 8.56. The predicted molar refractivity (Wildman–Crippen MR) is 74.4 cm³/mol. The van der Waals surface area contributed by atoms with Crippen LogP contribution in [0, 0.1) is 13.8 Å². The minimum atomic E-state index is 0.169. The largest absolute Gasteiger partial charge is 0.399 e. The first kappa shape index (κ1) is 12.4. The number of aryl methyl sites for hydroxylation is 2. The Kier molecular flexibility index (Phi) is 3.46. The summed E-state index contributed by atoms with van der Waals surface area (Å²) in [7, 11) is 0. The molecule has 1 aromatic heterocycles. The van der Waals surface area contributed by atoms with Crippen molar-refractivity contribution in [2.45, 2.75) is 26.8 Å². The molecule has 4 heteroatoms. The smallest absolute Gasteiger partial charge is 0.145 e. The van der Waals surface area contributed by atoms with Crippen LogP contribution in [0.4, 0.5) is 11.5 Å². The van der Waals surface area contributed by atoms with Gasteiger partial charge in [-0.25, -0.2) is 4.98 Å². The van der Waals surface area contributed by atoms with E-state index in [-0.39, 0.29) is 6.04 Å². The van der Waals surface area contributed by atoms with Crippen molar-refractivity contribution in [3.63, 3.8) is 0 Å². The molecule has 0 saturated heterocycles. The van der Waals surface area contributed by atoms with Crippen molar-refractivity contribution < 1.29 is 0 Å². The van der Waals surface area contributed by atoms with Crippen LogP contribution in [0.5, 0.6) is 0 Å². The molecular weight excluding hydrogens is 224 g/mol. The summed E-state index contributed by atoms with van der Waals surface area (Å²) in [5.74, 6) is 0.794. The SMILES string of the molecule is Cc1ncc(NC(C)c2ccc(N)cc2)nc1C. The second kappa shape index (κ2) is 5.04. The summed E-state index contributed by atoms with van der Waals surface area (Å²) in [5.41, 5.74) is 9.53. The maximum absolute atomic E-state index is 5.67. The number of nitrogens with two attached hydrogens (primary N) is 1. The van der Waals surface area contributed by atoms with Crippen molar-refractivity contribution in [3.8, 4) is 0 Å². The highest BCUT2D eigenvalue weighted by atomic mass is 15.0. The van der Waals surface area contributed by atoms with E-state index in [9.17, 15) is 0 Å². The molecule has 1 aromatic carbocycles. The van der Waals surface area contributed by atoms with Crippen LogP contribution in [0.25, 0.3) is 0 Å². The fourth-order valence-electron chi connectivity index (χ4n) is 1.70. The zero-order valence-electron chi connectivity index (χ0n) is 10.9. The summed E-state index contributed by atoms with van der Waals surface area (Å²) < 4.78 is 0. The molecule has 4 nitrogen and oxygen atoms in total. The van der Waals surface area contributed by atoms with Gasteiger partial charge in [0.05, 0.1) is 17.6 Å². The lowest BCUT2D eigenvalue weighted by Gasteiger charge is -2.15. The molecule has 18 heavy (non-hydrogen) atoms. The highest BCUT2D eigenvalue weighted by Gasteiger charge is 2.06. The van der Waals surface area contributed by atoms with Crippen LogP contribution in [0.2, 0.25) is 0 Å². The van der Waals surface area contributed by atoms with Gasteiger partial charge in [-0.05, 0) is 38.5 Å². The monoisotopic (exact) mass is 242 g/mol. The van der Waals surface area contributed by atoms with Crippen molar-refractivity contribution in [1.82, 2.24) is 9.97 Å². The summed E-state index contributed by atoms with van der Waals surface area (Å²) in [5, 5.41) is 3.33. The van der Waals surface area contributed by atoms with E-state index in [1.54, 1.807) is 6.20 Å². The van der Waals surface area contributed by atoms with Gasteiger partial charge in [-0.15, -0.1) is 0 Å². The first-order valence-corrected chi connectivity index (χ1v) is 5.98. The van der Waals surface area contributed by atoms with E-state index in [4.69, 9.17) is 5.73 Å². The minimum Gasteiger partial charge on any atom is -0.399 e. The standard InChI is InChI=1S/C14H18N4/c1-9-10(2)17-14(8-16-9)18-11(3)12-4-6-13(15)7-5-12/h4-8,11H,15H2,1-3H3,(H,17,18). The summed E-state index contributed by atoms with van der Waals surface area (Å²) >= 11 is 0. The molecule has 0 amide bonds. The molecule has 0 saturated carbocycles. The number of anilines is 2. The van der Waals surface area contributed by atoms with E-state index >= 15 is 0 Å². The average Bonchev–Trinajstić information content (AvgIpc) is 2.34. The highest BCUT2D eigenvalue weighted by Crippen LogP contribution is 2.19. The number of hydrogen-bond donors (Lipinski definition) is 2. The van der Waals surface area contributed by atoms with Gasteiger partial charge in [0.15, 0.2) is 0 Å². The lowest BCUT2D eigenvalue weighted by molar-refractivity contribution is 0.865. The van der Waals surface area contributed by atoms with Crippen molar-refractivity contribution in [2.75, 3.05) is 11.1 Å². The fourth-order valence-corrected chi connectivity index (χ4v) is 1.70. The third-order valence-corrected chi connectivity index (χ3v) is 2.99. The Hall–Kier alpha value is -2.10. The van der Waals surface area contributed by atoms with E-state index < -0.39 is 0 Å². The Balaban J connectivity index is 2.13. The summed E-state index contributed by atoms with van der Waals surface area (Å²) in [6, 6.07) is 8.00. The van der Waals surface area contributed by atoms with Crippen LogP contribution in [0.15, 0.2) is 30.5 Å². The zero-order valence-corrected chi connectivity index (χ0v) is 10.9. The molecule has 0 aliphatic carbocycles. The number of nitrogens with one attached hydrogen (secondary N) is 1. The van der Waals surface area contributed by atoms with Gasteiger partial charge >= 0.3 is 0 Å². The number of nitrogen functional groups attached to an aromatic ring is 1. The van der Waals surface area contributed by atoms with Gasteiger partial charge in [-0.2, -0.15) is 0 Å². The fraction of sp³-hybridized carbons (Fsp3) is 0.286. The maximum Gasteiger partial charge on any atom is 0.145 e. The number of benzene rings is 1. The second-order valence-electron chi connectivity index (χ2n) is 4.46. The molecule has 3 N–H and O–H groups in total. The number of rotatable bonds is 3. The molecule has 2 aromatic rings. The van der Waals surface area contributed by atoms with E-state index in [1.807, 2.05) is 38.1 Å². The highest BCUT2D eigenvalue weighted by molar-refractivity contribution is 5.43. The minimum absolute atomic E-state index is 0.169. The maximum atomic E-state index is 5.67. The second-order valence-corrected chi connectivity index (χ2v) is 4.46. The molecule has 2 rings (SSSR count). The molecular formula is C14H18N4. The van der Waals surface area contributed by atoms with Crippen LogP contribution in [-0.4, -0.2) is 9.97 Å². The lowest BCUT2D eigenvalue weighted by Crippen LogP contribution is -2.09. The van der Waals surface area contributed by atoms with Crippen LogP contribution in [-0.2, 0) is 0 Å². The summed E-state index contributed by atoms with van der Waals surface area (Å²) in [6.07, 6.45) is 1.76. The first-order valence-electron chi connectivity index (χ1n) is 5.98. The quantitative estimate of drug-likeness (QED) is 0.812. The molecule has 1 heterocycles. The van der Waals surface area contributed by atoms with E-state index in [0.717, 1.165) is 22.9 Å². The zero-order chi connectivity index (χ0) is 13.1. The molecule has 1 unspecified atom stereocenters. The number of aromatic nitrogens is 2. The van der Waals surface area contributed by atoms with Crippen molar-refractivity contribution in [1.29, 1.82) is 0 Å². The Morgan fingerprint density at radius 1 is 1.11 bits per heavy atom. The van der Waals surface area contributed by atoms with Gasteiger partial charge in [0.1, 0.15) is 5.82 Å². The van der Waals surface area contributed by atoms with Gasteiger partial charge in [0.2, 0.25) is 0 Å². The van der Waals surface area contributed by atoms with Crippen molar-refractivity contribution in [3.05, 3.63) is 47.4 Å². The predicted octanol–water partition coefficient (Wildman–Crippen LogP) is 2.85.